The molecule has 1 aromatic carbocycles. The van der Waals surface area contributed by atoms with Crippen LogP contribution < -0.4 is 4.18 Å². The molecule has 2 aliphatic carbocycles. The van der Waals surface area contributed by atoms with Crippen molar-refractivity contribution in [1.29, 1.82) is 0 Å². The summed E-state index contributed by atoms with van der Waals surface area (Å²) in [4.78, 5) is 2.16. The summed E-state index contributed by atoms with van der Waals surface area (Å²) in [6.45, 7) is 0.776. The van der Waals surface area contributed by atoms with Gasteiger partial charge in [-0.1, -0.05) is 18.9 Å². The number of nitrogens with zero attached hydrogens (tertiary/aromatic N) is 1. The van der Waals surface area contributed by atoms with E-state index in [1.807, 2.05) is 7.05 Å². The number of piperidine rings is 1. The Bertz CT molecular complexity index is 872. The van der Waals surface area contributed by atoms with Gasteiger partial charge in [0.25, 0.3) is 0 Å². The molecule has 0 amide bonds. The number of benzene rings is 1. The minimum absolute atomic E-state index is 0.0512. The molecule has 0 unspecified atom stereocenters. The predicted octanol–water partition coefficient (Wildman–Crippen LogP) is 2.72. The third-order valence-corrected chi connectivity index (χ3v) is 7.69. The van der Waals surface area contributed by atoms with Gasteiger partial charge in [0.2, 0.25) is 0 Å². The van der Waals surface area contributed by atoms with Crippen molar-refractivity contribution in [2.24, 2.45) is 0 Å². The second-order valence-corrected chi connectivity index (χ2v) is 9.50. The van der Waals surface area contributed by atoms with E-state index in [2.05, 4.69) is 9.08 Å². The van der Waals surface area contributed by atoms with Crippen LogP contribution >= 0.6 is 0 Å². The van der Waals surface area contributed by atoms with Crippen LogP contribution in [-0.4, -0.2) is 49.2 Å². The lowest BCUT2D eigenvalue weighted by Gasteiger charge is -2.63. The minimum atomic E-state index is -5.72. The number of aliphatic hydroxyl groups is 1. The fraction of sp³-hybridized carbons (Fsp3) is 0.667. The van der Waals surface area contributed by atoms with Crippen molar-refractivity contribution < 1.29 is 30.9 Å². The molecule has 3 atom stereocenters. The summed E-state index contributed by atoms with van der Waals surface area (Å²) < 4.78 is 65.2. The van der Waals surface area contributed by atoms with Crippen LogP contribution in [-0.2, 0) is 22.0 Å². The van der Waals surface area contributed by atoms with Gasteiger partial charge in [-0.25, -0.2) is 0 Å². The second-order valence-electron chi connectivity index (χ2n) is 7.97. The van der Waals surface area contributed by atoms with Gasteiger partial charge in [-0.15, -0.1) is 0 Å². The average Bonchev–Trinajstić information content (AvgIpc) is 2.57. The zero-order valence-electron chi connectivity index (χ0n) is 14.9. The first-order chi connectivity index (χ1) is 12.5. The lowest BCUT2D eigenvalue weighted by Crippen LogP contribution is -2.71. The number of hydrogen-bond donors (Lipinski definition) is 1. The molecule has 1 aliphatic heterocycles. The maximum Gasteiger partial charge on any atom is 0.534 e. The molecular formula is C18H22F3NO4S. The van der Waals surface area contributed by atoms with Crippen molar-refractivity contribution in [1.82, 2.24) is 4.90 Å². The van der Waals surface area contributed by atoms with Gasteiger partial charge in [-0.2, -0.15) is 21.6 Å². The van der Waals surface area contributed by atoms with E-state index in [0.717, 1.165) is 36.9 Å². The Morgan fingerprint density at radius 3 is 2.63 bits per heavy atom. The summed E-state index contributed by atoms with van der Waals surface area (Å²) >= 11 is 0. The largest absolute Gasteiger partial charge is 0.534 e. The summed E-state index contributed by atoms with van der Waals surface area (Å²) in [7, 11) is -3.74. The van der Waals surface area contributed by atoms with E-state index in [9.17, 15) is 26.7 Å². The van der Waals surface area contributed by atoms with Gasteiger partial charge in [-0.3, -0.25) is 0 Å². The average molecular weight is 405 g/mol. The maximum absolute atomic E-state index is 12.7. The smallest absolute Gasteiger partial charge is 0.387 e. The Hall–Kier alpha value is -1.32. The molecule has 1 N–H and O–H groups in total. The normalized spacial score (nSPS) is 33.9. The van der Waals surface area contributed by atoms with Gasteiger partial charge in [-0.05, 0) is 62.5 Å². The second kappa shape index (κ2) is 5.84. The Morgan fingerprint density at radius 1 is 1.22 bits per heavy atom. The van der Waals surface area contributed by atoms with Crippen molar-refractivity contribution in [3.05, 3.63) is 29.3 Å². The number of hydrogen-bond acceptors (Lipinski definition) is 5. The number of rotatable bonds is 2. The number of halogens is 3. The monoisotopic (exact) mass is 405 g/mol. The van der Waals surface area contributed by atoms with Crippen LogP contribution in [0, 0.1) is 0 Å². The van der Waals surface area contributed by atoms with Crippen molar-refractivity contribution in [2.45, 2.75) is 61.1 Å². The Balaban J connectivity index is 1.81. The Kier molecular flexibility index (Phi) is 4.11. The highest BCUT2D eigenvalue weighted by atomic mass is 32.2. The van der Waals surface area contributed by atoms with Gasteiger partial charge in [0.1, 0.15) is 5.75 Å². The molecule has 1 heterocycles. The van der Waals surface area contributed by atoms with Gasteiger partial charge in [0.15, 0.2) is 0 Å². The molecule has 150 valence electrons. The third-order valence-electron chi connectivity index (χ3n) is 6.71. The van der Waals surface area contributed by atoms with E-state index in [1.165, 1.54) is 12.1 Å². The molecule has 4 rings (SSSR count). The molecule has 5 nitrogen and oxygen atoms in total. The van der Waals surface area contributed by atoms with E-state index in [1.54, 1.807) is 6.07 Å². The molecule has 1 saturated carbocycles. The van der Waals surface area contributed by atoms with Crippen LogP contribution in [0.2, 0.25) is 0 Å². The fourth-order valence-corrected chi connectivity index (χ4v) is 5.88. The number of likely N-dealkylation sites (tertiary alicyclic amines) is 1. The summed E-state index contributed by atoms with van der Waals surface area (Å²) in [6, 6.07) is 4.25. The van der Waals surface area contributed by atoms with Crippen LogP contribution in [0.1, 0.15) is 43.2 Å². The Morgan fingerprint density at radius 2 is 1.93 bits per heavy atom. The molecule has 0 spiro atoms. The Labute approximate surface area is 156 Å². The SMILES string of the molecule is CN1CC[C@]23CCCC[C@@]2(O)[C@H]1Cc1ccc(OS(=O)(=O)C(F)(F)F)cc13. The summed E-state index contributed by atoms with van der Waals surface area (Å²) in [6.07, 6.45) is 4.44. The van der Waals surface area contributed by atoms with Gasteiger partial charge in [0, 0.05) is 11.5 Å². The lowest BCUT2D eigenvalue weighted by molar-refractivity contribution is -0.160. The van der Waals surface area contributed by atoms with Crippen molar-refractivity contribution in [2.75, 3.05) is 13.6 Å². The standard InChI is InChI=1S/C18H22F3NO4S/c1-22-9-8-16-6-2-3-7-17(16,23)15(22)10-12-4-5-13(11-14(12)16)26-27(24,25)18(19,20)21/h4-5,11,15,23H,2-3,6-10H2,1H3/t15-,16+,17-/m1/s1. The summed E-state index contributed by atoms with van der Waals surface area (Å²) in [5.74, 6) is -0.356. The first kappa shape index (κ1) is 19.0. The highest BCUT2D eigenvalue weighted by molar-refractivity contribution is 7.88. The zero-order chi connectivity index (χ0) is 19.7. The van der Waals surface area contributed by atoms with Gasteiger partial charge < -0.3 is 14.2 Å². The fourth-order valence-electron chi connectivity index (χ4n) is 5.43. The van der Waals surface area contributed by atoms with Crippen LogP contribution in [0.4, 0.5) is 13.2 Å². The van der Waals surface area contributed by atoms with E-state index < -0.39 is 26.6 Å². The maximum atomic E-state index is 12.7. The number of alkyl halides is 3. The molecule has 2 bridgehead atoms. The molecule has 0 aromatic heterocycles. The van der Waals surface area contributed by atoms with E-state index >= 15 is 0 Å². The molecule has 2 fully saturated rings. The zero-order valence-corrected chi connectivity index (χ0v) is 15.7. The highest BCUT2D eigenvalue weighted by Crippen LogP contribution is 2.58. The molecule has 3 aliphatic rings. The topological polar surface area (TPSA) is 66.8 Å². The van der Waals surface area contributed by atoms with Crippen LogP contribution in [0.15, 0.2) is 18.2 Å². The molecule has 27 heavy (non-hydrogen) atoms. The van der Waals surface area contributed by atoms with Crippen molar-refractivity contribution in [3.63, 3.8) is 0 Å². The highest BCUT2D eigenvalue weighted by Gasteiger charge is 2.62. The van der Waals surface area contributed by atoms with Crippen molar-refractivity contribution >= 4 is 10.1 Å². The van der Waals surface area contributed by atoms with Gasteiger partial charge >= 0.3 is 15.6 Å². The first-order valence-electron chi connectivity index (χ1n) is 9.07. The third kappa shape index (κ3) is 2.61. The van der Waals surface area contributed by atoms with Gasteiger partial charge in [0.05, 0.1) is 5.60 Å². The lowest BCUT2D eigenvalue weighted by atomic mass is 9.49. The molecule has 9 heteroatoms. The van der Waals surface area contributed by atoms with Crippen molar-refractivity contribution in [3.8, 4) is 5.75 Å². The van der Waals surface area contributed by atoms with E-state index in [-0.39, 0.29) is 11.8 Å². The van der Waals surface area contributed by atoms with Crippen LogP contribution in [0.25, 0.3) is 0 Å². The number of fused-ring (bicyclic) bond motifs is 1. The predicted molar refractivity (Wildman–Crippen MR) is 91.9 cm³/mol. The number of likely N-dealkylation sites (N-methyl/N-ethyl adjacent to an activating group) is 1. The molecule has 1 saturated heterocycles. The van der Waals surface area contributed by atoms with Crippen LogP contribution in [0.5, 0.6) is 5.75 Å². The van der Waals surface area contributed by atoms with E-state index in [4.69, 9.17) is 0 Å². The van der Waals surface area contributed by atoms with Crippen LogP contribution in [0.3, 0.4) is 0 Å². The first-order valence-corrected chi connectivity index (χ1v) is 10.5. The summed E-state index contributed by atoms with van der Waals surface area (Å²) in [5, 5.41) is 11.7. The molecule has 0 radical (unpaired) electrons. The molecular weight excluding hydrogens is 383 g/mol. The molecule has 1 aromatic rings. The minimum Gasteiger partial charge on any atom is -0.387 e. The van der Waals surface area contributed by atoms with E-state index in [0.29, 0.717) is 19.3 Å². The quantitative estimate of drug-likeness (QED) is 0.605. The summed E-state index contributed by atoms with van der Waals surface area (Å²) in [5.41, 5.74) is -5.34.